The number of hydrogen-bond acceptors (Lipinski definition) is 6. The Hall–Kier alpha value is -1.84. The van der Waals surface area contributed by atoms with Crippen molar-refractivity contribution in [2.75, 3.05) is 13.3 Å². The number of rotatable bonds is 3. The highest BCUT2D eigenvalue weighted by atomic mass is 79.9. The number of amidine groups is 1. The third-order valence-corrected chi connectivity index (χ3v) is 6.77. The van der Waals surface area contributed by atoms with E-state index in [1.807, 2.05) is 18.4 Å². The average Bonchev–Trinajstić information content (AvgIpc) is 3.15. The van der Waals surface area contributed by atoms with Gasteiger partial charge in [-0.2, -0.15) is 0 Å². The van der Waals surface area contributed by atoms with Gasteiger partial charge in [0.25, 0.3) is 11.9 Å². The molecule has 0 aliphatic carbocycles. The van der Waals surface area contributed by atoms with Gasteiger partial charge in [0.1, 0.15) is 27.9 Å². The first-order valence-corrected chi connectivity index (χ1v) is 10.6. The number of carbonyl (C=O) groups is 1. The number of halogens is 2. The first kappa shape index (κ1) is 19.5. The predicted octanol–water partition coefficient (Wildman–Crippen LogP) is 3.68. The number of aliphatic imine (C=N–C) groups is 1. The van der Waals surface area contributed by atoms with Crippen LogP contribution >= 0.6 is 27.3 Å². The zero-order valence-electron chi connectivity index (χ0n) is 15.1. The van der Waals surface area contributed by atoms with Gasteiger partial charge in [-0.3, -0.25) is 10.1 Å². The van der Waals surface area contributed by atoms with Crippen LogP contribution in [0.1, 0.15) is 28.7 Å². The Balaban J connectivity index is 1.72. The average molecular weight is 468 g/mol. The number of alkyl halides is 1. The molecule has 1 aromatic heterocycles. The Labute approximate surface area is 174 Å². The van der Waals surface area contributed by atoms with Crippen molar-refractivity contribution in [3.8, 4) is 0 Å². The number of thiazole rings is 1. The van der Waals surface area contributed by atoms with E-state index < -0.39 is 18.3 Å². The maximum Gasteiger partial charge on any atom is 0.293 e. The van der Waals surface area contributed by atoms with Crippen LogP contribution in [0.3, 0.4) is 0 Å². The van der Waals surface area contributed by atoms with Crippen molar-refractivity contribution in [2.24, 2.45) is 10.9 Å². The van der Waals surface area contributed by atoms with Crippen LogP contribution in [0.25, 0.3) is 0 Å². The molecule has 6 nitrogen and oxygen atoms in total. The second-order valence-electron chi connectivity index (χ2n) is 6.91. The molecule has 4 rings (SSSR count). The second-order valence-corrected chi connectivity index (χ2v) is 8.58. The third kappa shape index (κ3) is 3.58. The molecule has 0 bridgehead atoms. The van der Waals surface area contributed by atoms with Crippen molar-refractivity contribution in [1.82, 2.24) is 10.3 Å². The summed E-state index contributed by atoms with van der Waals surface area (Å²) in [7, 11) is 0. The summed E-state index contributed by atoms with van der Waals surface area (Å²) in [6, 6.07) is 8.73. The van der Waals surface area contributed by atoms with E-state index in [9.17, 15) is 9.18 Å². The largest absolute Gasteiger partial charge is 0.458 e. The summed E-state index contributed by atoms with van der Waals surface area (Å²) >= 11 is 4.80. The van der Waals surface area contributed by atoms with Crippen LogP contribution in [0.2, 0.25) is 0 Å². The van der Waals surface area contributed by atoms with Crippen LogP contribution in [0.15, 0.2) is 45.3 Å². The monoisotopic (exact) mass is 467 g/mol. The quantitative estimate of drug-likeness (QED) is 0.746. The minimum absolute atomic E-state index is 0.00257. The molecule has 2 aromatic rings. The summed E-state index contributed by atoms with van der Waals surface area (Å²) in [6.45, 7) is 1.52. The van der Waals surface area contributed by atoms with E-state index in [-0.39, 0.29) is 30.6 Å². The van der Waals surface area contributed by atoms with E-state index >= 15 is 0 Å². The Bertz CT molecular complexity index is 894. The van der Waals surface area contributed by atoms with Crippen molar-refractivity contribution in [3.63, 3.8) is 0 Å². The van der Waals surface area contributed by atoms with Crippen LogP contribution in [-0.2, 0) is 15.0 Å². The molecule has 0 saturated carbocycles. The maximum atomic E-state index is 13.9. The van der Waals surface area contributed by atoms with Crippen LogP contribution in [-0.4, -0.2) is 42.4 Å². The number of carbonyl (C=O) groups excluding carboxylic acids is 1. The molecule has 3 heterocycles. The lowest BCUT2D eigenvalue weighted by molar-refractivity contribution is -0.102. The molecule has 0 radical (unpaired) electrons. The minimum atomic E-state index is -0.891. The van der Waals surface area contributed by atoms with Crippen LogP contribution in [0, 0.1) is 5.92 Å². The highest BCUT2D eigenvalue weighted by Gasteiger charge is 2.54. The number of hydrogen-bond donors (Lipinski definition) is 1. The van der Waals surface area contributed by atoms with E-state index in [1.165, 1.54) is 11.3 Å². The standard InChI is InChI=1S/C19H19BrFN3O3S/c1-11-7-13-14(8-21)27-18(23-16(25)12-5-3-2-4-6-12)24-19(13,10-26-11)17-22-15(20)9-28-17/h2-6,9,11,13-14H,7-8,10H2,1H3,(H,23,24,25)/t11-,13-,14+,19-/m0/s1. The number of fused-ring (bicyclic) bond motifs is 1. The molecule has 1 fully saturated rings. The number of amides is 1. The van der Waals surface area contributed by atoms with Gasteiger partial charge in [-0.05, 0) is 41.4 Å². The molecule has 0 unspecified atom stereocenters. The van der Waals surface area contributed by atoms with Gasteiger partial charge in [-0.1, -0.05) is 18.2 Å². The number of ether oxygens (including phenoxy) is 2. The van der Waals surface area contributed by atoms with E-state index in [2.05, 4.69) is 26.2 Å². The molecule has 28 heavy (non-hydrogen) atoms. The van der Waals surface area contributed by atoms with E-state index in [4.69, 9.17) is 14.5 Å². The van der Waals surface area contributed by atoms with Gasteiger partial charge in [0.2, 0.25) is 0 Å². The summed E-state index contributed by atoms with van der Waals surface area (Å²) < 4.78 is 26.3. The van der Waals surface area contributed by atoms with Crippen molar-refractivity contribution in [2.45, 2.75) is 31.1 Å². The van der Waals surface area contributed by atoms with E-state index in [0.717, 1.165) is 0 Å². The Morgan fingerprint density at radius 1 is 1.43 bits per heavy atom. The first-order valence-electron chi connectivity index (χ1n) is 8.94. The van der Waals surface area contributed by atoms with Gasteiger partial charge < -0.3 is 9.47 Å². The normalized spacial score (nSPS) is 29.4. The fourth-order valence-corrected chi connectivity index (χ4v) is 5.13. The lowest BCUT2D eigenvalue weighted by atomic mass is 9.75. The number of benzene rings is 1. The fourth-order valence-electron chi connectivity index (χ4n) is 3.68. The Kier molecular flexibility index (Phi) is 5.48. The molecule has 9 heteroatoms. The Morgan fingerprint density at radius 2 is 2.21 bits per heavy atom. The van der Waals surface area contributed by atoms with E-state index in [1.54, 1.807) is 24.3 Å². The summed E-state index contributed by atoms with van der Waals surface area (Å²) in [5.41, 5.74) is -0.426. The highest BCUT2D eigenvalue weighted by molar-refractivity contribution is 9.10. The first-order chi connectivity index (χ1) is 13.5. The molecular formula is C19H19BrFN3O3S. The predicted molar refractivity (Wildman–Crippen MR) is 107 cm³/mol. The van der Waals surface area contributed by atoms with Gasteiger partial charge in [0.15, 0.2) is 0 Å². The SMILES string of the molecule is C[C@H]1C[C@H]2[C@@H](CF)OC(NC(=O)c3ccccc3)=N[C@@]2(c2nc(Br)cs2)CO1. The topological polar surface area (TPSA) is 72.8 Å². The molecule has 1 amide bonds. The number of nitrogens with zero attached hydrogens (tertiary/aromatic N) is 2. The molecule has 1 aromatic carbocycles. The van der Waals surface area contributed by atoms with Crippen LogP contribution in [0.4, 0.5) is 4.39 Å². The molecule has 4 atom stereocenters. The molecule has 2 aliphatic rings. The third-order valence-electron chi connectivity index (χ3n) is 5.06. The minimum Gasteiger partial charge on any atom is -0.458 e. The zero-order chi connectivity index (χ0) is 19.7. The van der Waals surface area contributed by atoms with Crippen molar-refractivity contribution >= 4 is 39.2 Å². The van der Waals surface area contributed by atoms with Crippen molar-refractivity contribution in [1.29, 1.82) is 0 Å². The summed E-state index contributed by atoms with van der Waals surface area (Å²) in [5, 5.41) is 5.25. The molecule has 0 spiro atoms. The van der Waals surface area contributed by atoms with Gasteiger partial charge in [0, 0.05) is 16.9 Å². The molecule has 148 valence electrons. The highest BCUT2D eigenvalue weighted by Crippen LogP contribution is 2.47. The van der Waals surface area contributed by atoms with Crippen molar-refractivity contribution < 1.29 is 18.7 Å². The van der Waals surface area contributed by atoms with Gasteiger partial charge in [0.05, 0.1) is 12.7 Å². The smallest absolute Gasteiger partial charge is 0.293 e. The Morgan fingerprint density at radius 3 is 2.89 bits per heavy atom. The van der Waals surface area contributed by atoms with Crippen molar-refractivity contribution in [3.05, 3.63) is 50.9 Å². The summed E-state index contributed by atoms with van der Waals surface area (Å²) in [6.07, 6.45) is -0.178. The molecule has 1 N–H and O–H groups in total. The maximum absolute atomic E-state index is 13.9. The number of nitrogens with one attached hydrogen (secondary N) is 1. The lowest BCUT2D eigenvalue weighted by Gasteiger charge is -2.47. The summed E-state index contributed by atoms with van der Waals surface area (Å²) in [4.78, 5) is 21.8. The van der Waals surface area contributed by atoms with Gasteiger partial charge in [-0.15, -0.1) is 11.3 Å². The summed E-state index contributed by atoms with van der Waals surface area (Å²) in [5.74, 6) is -0.604. The second kappa shape index (κ2) is 7.88. The number of aromatic nitrogens is 1. The van der Waals surface area contributed by atoms with E-state index in [0.29, 0.717) is 21.6 Å². The molecule has 2 aliphatic heterocycles. The van der Waals surface area contributed by atoms with Gasteiger partial charge >= 0.3 is 0 Å². The van der Waals surface area contributed by atoms with Crippen LogP contribution in [0.5, 0.6) is 0 Å². The van der Waals surface area contributed by atoms with Crippen LogP contribution < -0.4 is 5.32 Å². The van der Waals surface area contributed by atoms with Gasteiger partial charge in [-0.25, -0.2) is 14.4 Å². The molecule has 1 saturated heterocycles. The fraction of sp³-hybridized carbons (Fsp3) is 0.421. The zero-order valence-corrected chi connectivity index (χ0v) is 17.5. The molecular weight excluding hydrogens is 449 g/mol. The lowest BCUT2D eigenvalue weighted by Crippen LogP contribution is -2.57.